The SMILES string of the molecule is CC(C)(COc1noc(C(=O)NC2C3CC4CC(C3)CC2C4)c1SC1CCCCC1)C(=O)NC1(CC(=O)O)CCC1. The fraction of sp³-hybridized carbons (Fsp3) is 0.806. The van der Waals surface area contributed by atoms with Gasteiger partial charge in [0.1, 0.15) is 11.5 Å². The number of thioether (sulfide) groups is 1. The molecule has 9 nitrogen and oxygen atoms in total. The Kier molecular flexibility index (Phi) is 8.07. The van der Waals surface area contributed by atoms with Crippen LogP contribution in [0.2, 0.25) is 0 Å². The Morgan fingerprint density at radius 3 is 2.27 bits per heavy atom. The zero-order valence-corrected chi connectivity index (χ0v) is 25.2. The summed E-state index contributed by atoms with van der Waals surface area (Å²) < 4.78 is 11.8. The van der Waals surface area contributed by atoms with Crippen LogP contribution in [0.1, 0.15) is 114 Å². The number of hydrogen-bond acceptors (Lipinski definition) is 7. The smallest absolute Gasteiger partial charge is 0.305 e. The number of carbonyl (C=O) groups excluding carboxylic acids is 2. The zero-order valence-electron chi connectivity index (χ0n) is 24.4. The van der Waals surface area contributed by atoms with Gasteiger partial charge in [-0.05, 0) is 107 Å². The van der Waals surface area contributed by atoms with E-state index >= 15 is 0 Å². The summed E-state index contributed by atoms with van der Waals surface area (Å²) in [6.07, 6.45) is 14.1. The maximum absolute atomic E-state index is 13.7. The molecule has 4 bridgehead atoms. The first-order valence-corrected chi connectivity index (χ1v) is 16.6. The fourth-order valence-corrected chi connectivity index (χ4v) is 9.63. The molecule has 6 fully saturated rings. The van der Waals surface area contributed by atoms with E-state index in [0.717, 1.165) is 31.1 Å². The van der Waals surface area contributed by atoms with Gasteiger partial charge in [-0.3, -0.25) is 14.4 Å². The molecule has 2 amide bonds. The molecule has 10 heteroatoms. The van der Waals surface area contributed by atoms with Gasteiger partial charge in [-0.2, -0.15) is 0 Å². The molecule has 0 spiro atoms. The minimum atomic E-state index is -0.935. The number of carboxylic acid groups (broad SMARTS) is 1. The zero-order chi connectivity index (χ0) is 28.8. The number of rotatable bonds is 11. The normalized spacial score (nSPS) is 30.4. The number of carboxylic acids is 1. The van der Waals surface area contributed by atoms with E-state index in [2.05, 4.69) is 15.8 Å². The van der Waals surface area contributed by atoms with Gasteiger partial charge in [-0.25, -0.2) is 0 Å². The second kappa shape index (κ2) is 11.5. The molecule has 3 N–H and O–H groups in total. The maximum atomic E-state index is 13.7. The second-order valence-electron chi connectivity index (χ2n) is 14.3. The van der Waals surface area contributed by atoms with E-state index in [4.69, 9.17) is 9.26 Å². The topological polar surface area (TPSA) is 131 Å². The molecular formula is C31H45N3O6S. The molecule has 0 unspecified atom stereocenters. The monoisotopic (exact) mass is 587 g/mol. The molecular weight excluding hydrogens is 542 g/mol. The van der Waals surface area contributed by atoms with E-state index in [1.54, 1.807) is 25.6 Å². The highest BCUT2D eigenvalue weighted by Gasteiger charge is 2.49. The van der Waals surface area contributed by atoms with Gasteiger partial charge in [0, 0.05) is 11.3 Å². The minimum absolute atomic E-state index is 0.0311. The lowest BCUT2D eigenvalue weighted by molar-refractivity contribution is -0.142. The van der Waals surface area contributed by atoms with Crippen LogP contribution in [-0.2, 0) is 9.59 Å². The van der Waals surface area contributed by atoms with Crippen molar-refractivity contribution in [2.45, 2.75) is 125 Å². The standard InChI is InChI=1S/C31H45N3O6S/c1-30(2,29(38)33-31(9-6-10-31)16-23(35)36)17-39-28-26(41-22-7-4-3-5-8-22)25(40-34-28)27(37)32-24-20-12-18-11-19(14-20)15-21(24)13-18/h18-22,24H,3-17H2,1-2H3,(H,32,37)(H,33,38)(H,35,36). The molecule has 0 aromatic carbocycles. The highest BCUT2D eigenvalue weighted by molar-refractivity contribution is 8.00. The first-order chi connectivity index (χ1) is 19.6. The Morgan fingerprint density at radius 2 is 1.68 bits per heavy atom. The molecule has 0 aliphatic heterocycles. The predicted octanol–water partition coefficient (Wildman–Crippen LogP) is 5.57. The van der Waals surface area contributed by atoms with Crippen LogP contribution in [0, 0.1) is 29.1 Å². The number of amides is 2. The van der Waals surface area contributed by atoms with Crippen molar-refractivity contribution in [3.63, 3.8) is 0 Å². The van der Waals surface area contributed by atoms with E-state index in [1.807, 2.05) is 0 Å². The number of aromatic nitrogens is 1. The van der Waals surface area contributed by atoms with Crippen LogP contribution in [0.3, 0.4) is 0 Å². The van der Waals surface area contributed by atoms with Crippen molar-refractivity contribution in [3.8, 4) is 5.88 Å². The molecule has 7 rings (SSSR count). The molecule has 1 aromatic rings. The first-order valence-electron chi connectivity index (χ1n) is 15.8. The quantitative estimate of drug-likeness (QED) is 0.306. The van der Waals surface area contributed by atoms with Crippen LogP contribution in [-0.4, -0.2) is 51.5 Å². The van der Waals surface area contributed by atoms with Gasteiger partial charge in [0.15, 0.2) is 0 Å². The molecule has 1 aromatic heterocycles. The number of hydrogen-bond donors (Lipinski definition) is 3. The van der Waals surface area contributed by atoms with E-state index < -0.39 is 16.9 Å². The molecule has 0 atom stereocenters. The maximum Gasteiger partial charge on any atom is 0.305 e. The fourth-order valence-electron chi connectivity index (χ4n) is 8.30. The van der Waals surface area contributed by atoms with Crippen molar-refractivity contribution in [2.75, 3.05) is 6.61 Å². The van der Waals surface area contributed by atoms with Gasteiger partial charge in [0.05, 0.1) is 17.4 Å². The molecule has 226 valence electrons. The lowest BCUT2D eigenvalue weighted by Gasteiger charge is -2.54. The lowest BCUT2D eigenvalue weighted by atomic mass is 9.54. The molecule has 41 heavy (non-hydrogen) atoms. The van der Waals surface area contributed by atoms with Gasteiger partial charge in [0.2, 0.25) is 11.7 Å². The van der Waals surface area contributed by atoms with Crippen LogP contribution in [0.5, 0.6) is 5.88 Å². The Labute approximate surface area is 246 Å². The van der Waals surface area contributed by atoms with Crippen molar-refractivity contribution < 1.29 is 28.8 Å². The third-order valence-corrected chi connectivity index (χ3v) is 12.0. The van der Waals surface area contributed by atoms with Gasteiger partial charge < -0.3 is 25.0 Å². The number of carbonyl (C=O) groups is 3. The third kappa shape index (κ3) is 6.13. The average Bonchev–Trinajstić information content (AvgIpc) is 3.30. The van der Waals surface area contributed by atoms with Crippen LogP contribution in [0.25, 0.3) is 0 Å². The molecule has 6 saturated carbocycles. The largest absolute Gasteiger partial charge is 0.481 e. The molecule has 6 aliphatic rings. The Morgan fingerprint density at radius 1 is 1.02 bits per heavy atom. The average molecular weight is 588 g/mol. The second-order valence-corrected chi connectivity index (χ2v) is 15.6. The van der Waals surface area contributed by atoms with E-state index in [0.29, 0.717) is 34.8 Å². The van der Waals surface area contributed by atoms with Crippen LogP contribution >= 0.6 is 11.8 Å². The lowest BCUT2D eigenvalue weighted by Crippen LogP contribution is -2.58. The van der Waals surface area contributed by atoms with E-state index in [9.17, 15) is 19.5 Å². The van der Waals surface area contributed by atoms with Crippen molar-refractivity contribution in [2.24, 2.45) is 29.1 Å². The summed E-state index contributed by atoms with van der Waals surface area (Å²) in [7, 11) is 0. The van der Waals surface area contributed by atoms with Crippen LogP contribution in [0.15, 0.2) is 9.42 Å². The number of ether oxygens (including phenoxy) is 1. The number of aliphatic carboxylic acids is 1. The number of nitrogens with zero attached hydrogens (tertiary/aromatic N) is 1. The van der Waals surface area contributed by atoms with Crippen molar-refractivity contribution >= 4 is 29.5 Å². The van der Waals surface area contributed by atoms with Gasteiger partial charge >= 0.3 is 5.97 Å². The summed E-state index contributed by atoms with van der Waals surface area (Å²) in [5.41, 5.74) is -1.62. The van der Waals surface area contributed by atoms with Gasteiger partial charge in [-0.1, -0.05) is 19.3 Å². The first kappa shape index (κ1) is 28.9. The Balaban J connectivity index is 1.15. The predicted molar refractivity (Wildman–Crippen MR) is 154 cm³/mol. The van der Waals surface area contributed by atoms with Gasteiger partial charge in [0.25, 0.3) is 11.8 Å². The van der Waals surface area contributed by atoms with E-state index in [1.165, 1.54) is 51.4 Å². The number of nitrogens with one attached hydrogen (secondary N) is 2. The Bertz CT molecular complexity index is 1130. The Hall–Kier alpha value is -2.23. The summed E-state index contributed by atoms with van der Waals surface area (Å²) in [5.74, 6) is 1.90. The van der Waals surface area contributed by atoms with Crippen molar-refractivity contribution in [1.29, 1.82) is 0 Å². The highest BCUT2D eigenvalue weighted by atomic mass is 32.2. The molecule has 1 heterocycles. The van der Waals surface area contributed by atoms with Crippen LogP contribution < -0.4 is 15.4 Å². The van der Waals surface area contributed by atoms with Gasteiger partial charge in [-0.15, -0.1) is 11.8 Å². The third-order valence-electron chi connectivity index (χ3n) is 10.6. The van der Waals surface area contributed by atoms with Crippen LogP contribution in [0.4, 0.5) is 0 Å². The summed E-state index contributed by atoms with van der Waals surface area (Å²) in [6.45, 7) is 3.59. The summed E-state index contributed by atoms with van der Waals surface area (Å²) in [4.78, 5) is 38.9. The minimum Gasteiger partial charge on any atom is -0.481 e. The molecule has 0 radical (unpaired) electrons. The van der Waals surface area contributed by atoms with Crippen molar-refractivity contribution in [1.82, 2.24) is 15.8 Å². The van der Waals surface area contributed by atoms with E-state index in [-0.39, 0.29) is 42.5 Å². The van der Waals surface area contributed by atoms with Crippen molar-refractivity contribution in [3.05, 3.63) is 5.76 Å². The summed E-state index contributed by atoms with van der Waals surface area (Å²) in [6, 6.07) is 0.199. The highest BCUT2D eigenvalue weighted by Crippen LogP contribution is 2.54. The summed E-state index contributed by atoms with van der Waals surface area (Å²) >= 11 is 1.62. The summed E-state index contributed by atoms with van der Waals surface area (Å²) in [5, 5.41) is 20.3. The molecule has 6 aliphatic carbocycles. The molecule has 0 saturated heterocycles.